The van der Waals surface area contributed by atoms with Crippen molar-refractivity contribution in [2.75, 3.05) is 7.11 Å². The first kappa shape index (κ1) is 9.26. The molecule has 3 nitrogen and oxygen atoms in total. The van der Waals surface area contributed by atoms with Crippen LogP contribution in [0.1, 0.15) is 19.8 Å². The summed E-state index contributed by atoms with van der Waals surface area (Å²) < 4.78 is 9.99. The van der Waals surface area contributed by atoms with E-state index in [4.69, 9.17) is 4.74 Å². The van der Waals surface area contributed by atoms with Gasteiger partial charge in [0.1, 0.15) is 0 Å². The molecule has 0 aromatic carbocycles. The van der Waals surface area contributed by atoms with Crippen molar-refractivity contribution < 1.29 is 14.3 Å². The second kappa shape index (κ2) is 3.72. The lowest BCUT2D eigenvalue weighted by molar-refractivity contribution is -0.137. The van der Waals surface area contributed by atoms with Gasteiger partial charge in [0.25, 0.3) is 0 Å². The number of carbonyl (C=O) groups excluding carboxylic acids is 1. The van der Waals surface area contributed by atoms with E-state index in [9.17, 15) is 4.79 Å². The van der Waals surface area contributed by atoms with Crippen molar-refractivity contribution in [3.63, 3.8) is 0 Å². The maximum absolute atomic E-state index is 11.0. The zero-order chi connectivity index (χ0) is 9.14. The van der Waals surface area contributed by atoms with Crippen LogP contribution in [-0.2, 0) is 14.3 Å². The molecule has 1 fully saturated rings. The molecule has 0 N–H and O–H groups in total. The van der Waals surface area contributed by atoms with Gasteiger partial charge in [-0.25, -0.2) is 4.79 Å². The Labute approximate surface area is 72.4 Å². The molecule has 0 aromatic rings. The molecule has 3 heteroatoms. The molecule has 0 radical (unpaired) electrons. The van der Waals surface area contributed by atoms with Gasteiger partial charge in [-0.1, -0.05) is 6.58 Å². The fraction of sp³-hybridized carbons (Fsp3) is 0.667. The first-order chi connectivity index (χ1) is 5.65. The van der Waals surface area contributed by atoms with Gasteiger partial charge in [-0.3, -0.25) is 0 Å². The molecule has 0 aromatic heterocycles. The van der Waals surface area contributed by atoms with Crippen molar-refractivity contribution >= 4 is 5.97 Å². The summed E-state index contributed by atoms with van der Waals surface area (Å²) in [4.78, 5) is 11.0. The normalized spacial score (nSPS) is 28.5. The van der Waals surface area contributed by atoms with E-state index in [0.29, 0.717) is 5.57 Å². The van der Waals surface area contributed by atoms with Crippen LogP contribution in [0, 0.1) is 0 Å². The summed E-state index contributed by atoms with van der Waals surface area (Å²) >= 11 is 0. The summed E-state index contributed by atoms with van der Waals surface area (Å²) in [5.74, 6) is -0.367. The molecule has 68 valence electrons. The van der Waals surface area contributed by atoms with Crippen LogP contribution in [-0.4, -0.2) is 25.3 Å². The molecule has 0 unspecified atom stereocenters. The summed E-state index contributed by atoms with van der Waals surface area (Å²) in [6.07, 6.45) is 1.96. The van der Waals surface area contributed by atoms with Gasteiger partial charge in [-0.05, 0) is 19.8 Å². The van der Waals surface area contributed by atoms with E-state index in [1.54, 1.807) is 0 Å². The summed E-state index contributed by atoms with van der Waals surface area (Å²) in [6.45, 7) is 5.63. The first-order valence-electron chi connectivity index (χ1n) is 4.07. The van der Waals surface area contributed by atoms with Crippen molar-refractivity contribution in [2.45, 2.75) is 32.0 Å². The maximum atomic E-state index is 11.0. The minimum absolute atomic E-state index is 0.132. The maximum Gasteiger partial charge on any atom is 0.335 e. The van der Waals surface area contributed by atoms with Crippen molar-refractivity contribution in [1.29, 1.82) is 0 Å². The van der Waals surface area contributed by atoms with Crippen molar-refractivity contribution in [3.8, 4) is 0 Å². The van der Waals surface area contributed by atoms with Crippen LogP contribution in [0.4, 0.5) is 0 Å². The van der Waals surface area contributed by atoms with E-state index < -0.39 is 0 Å². The SMILES string of the molecule is C=C(C(=O)OC)[C@@H]1CC[C@@H](C)O1. The van der Waals surface area contributed by atoms with Crippen molar-refractivity contribution in [3.05, 3.63) is 12.2 Å². The Kier molecular flexibility index (Phi) is 2.87. The molecule has 1 aliphatic heterocycles. The monoisotopic (exact) mass is 170 g/mol. The summed E-state index contributed by atoms with van der Waals surface area (Å²) in [5, 5.41) is 0. The zero-order valence-electron chi connectivity index (χ0n) is 7.50. The highest BCUT2D eigenvalue weighted by molar-refractivity contribution is 5.88. The number of esters is 1. The van der Waals surface area contributed by atoms with Gasteiger partial charge in [0, 0.05) is 0 Å². The molecular weight excluding hydrogens is 156 g/mol. The third-order valence-electron chi connectivity index (χ3n) is 2.07. The van der Waals surface area contributed by atoms with Gasteiger partial charge in [-0.2, -0.15) is 0 Å². The van der Waals surface area contributed by atoms with E-state index in [2.05, 4.69) is 11.3 Å². The number of carbonyl (C=O) groups is 1. The summed E-state index contributed by atoms with van der Waals surface area (Å²) in [7, 11) is 1.35. The van der Waals surface area contributed by atoms with Crippen molar-refractivity contribution in [2.24, 2.45) is 0 Å². The standard InChI is InChI=1S/C9H14O3/c1-6-4-5-8(12-6)7(2)9(10)11-3/h6,8H,2,4-5H2,1,3H3/t6-,8+/m1/s1. The minimum atomic E-state index is -0.367. The molecular formula is C9H14O3. The second-order valence-electron chi connectivity index (χ2n) is 3.03. The molecule has 0 bridgehead atoms. The molecule has 12 heavy (non-hydrogen) atoms. The number of hydrogen-bond donors (Lipinski definition) is 0. The van der Waals surface area contributed by atoms with Gasteiger partial charge < -0.3 is 9.47 Å². The van der Waals surface area contributed by atoms with Gasteiger partial charge in [0.15, 0.2) is 0 Å². The molecule has 0 aliphatic carbocycles. The third kappa shape index (κ3) is 1.85. The quantitative estimate of drug-likeness (QED) is 0.462. The van der Waals surface area contributed by atoms with Gasteiger partial charge in [0.05, 0.1) is 24.9 Å². The van der Waals surface area contributed by atoms with Crippen LogP contribution in [0.25, 0.3) is 0 Å². The summed E-state index contributed by atoms with van der Waals surface area (Å²) in [5.41, 5.74) is 0.432. The van der Waals surface area contributed by atoms with Crippen LogP contribution in [0.15, 0.2) is 12.2 Å². The Morgan fingerprint density at radius 2 is 2.25 bits per heavy atom. The lowest BCUT2D eigenvalue weighted by Crippen LogP contribution is -2.18. The van der Waals surface area contributed by atoms with Crippen molar-refractivity contribution in [1.82, 2.24) is 0 Å². The van der Waals surface area contributed by atoms with E-state index in [-0.39, 0.29) is 18.2 Å². The van der Waals surface area contributed by atoms with Crippen LogP contribution in [0.3, 0.4) is 0 Å². The number of rotatable bonds is 2. The number of hydrogen-bond acceptors (Lipinski definition) is 3. The topological polar surface area (TPSA) is 35.5 Å². The molecule has 2 atom stereocenters. The minimum Gasteiger partial charge on any atom is -0.466 e. The zero-order valence-corrected chi connectivity index (χ0v) is 7.50. The third-order valence-corrected chi connectivity index (χ3v) is 2.07. The Hall–Kier alpha value is -0.830. The largest absolute Gasteiger partial charge is 0.466 e. The fourth-order valence-electron chi connectivity index (χ4n) is 1.32. The van der Waals surface area contributed by atoms with Crippen LogP contribution < -0.4 is 0 Å². The number of methoxy groups -OCH3 is 1. The molecule has 0 saturated carbocycles. The molecule has 1 rings (SSSR count). The van der Waals surface area contributed by atoms with E-state index in [1.165, 1.54) is 7.11 Å². The molecule has 0 spiro atoms. The van der Waals surface area contributed by atoms with Gasteiger partial charge in [-0.15, -0.1) is 0 Å². The first-order valence-corrected chi connectivity index (χ1v) is 4.07. The predicted octanol–water partition coefficient (Wildman–Crippen LogP) is 1.28. The Morgan fingerprint density at radius 1 is 1.58 bits per heavy atom. The molecule has 1 heterocycles. The molecule has 1 saturated heterocycles. The van der Waals surface area contributed by atoms with Crippen LogP contribution in [0.5, 0.6) is 0 Å². The summed E-state index contributed by atoms with van der Waals surface area (Å²) in [6, 6.07) is 0. The second-order valence-corrected chi connectivity index (χ2v) is 3.03. The lowest BCUT2D eigenvalue weighted by atomic mass is 10.1. The fourth-order valence-corrected chi connectivity index (χ4v) is 1.32. The molecule has 1 aliphatic rings. The Morgan fingerprint density at radius 3 is 2.67 bits per heavy atom. The highest BCUT2D eigenvalue weighted by Crippen LogP contribution is 2.24. The van der Waals surface area contributed by atoms with Gasteiger partial charge in [0.2, 0.25) is 0 Å². The highest BCUT2D eigenvalue weighted by atomic mass is 16.5. The number of ether oxygens (including phenoxy) is 2. The predicted molar refractivity (Wildman–Crippen MR) is 44.7 cm³/mol. The van der Waals surface area contributed by atoms with Crippen LogP contribution in [0.2, 0.25) is 0 Å². The lowest BCUT2D eigenvalue weighted by Gasteiger charge is -2.11. The average molecular weight is 170 g/mol. The Balaban J connectivity index is 2.48. The smallest absolute Gasteiger partial charge is 0.335 e. The molecule has 0 amide bonds. The van der Waals surface area contributed by atoms with E-state index >= 15 is 0 Å². The Bertz CT molecular complexity index is 198. The highest BCUT2D eigenvalue weighted by Gasteiger charge is 2.27. The van der Waals surface area contributed by atoms with E-state index in [0.717, 1.165) is 12.8 Å². The average Bonchev–Trinajstić information content (AvgIpc) is 2.49. The van der Waals surface area contributed by atoms with Gasteiger partial charge >= 0.3 is 5.97 Å². The van der Waals surface area contributed by atoms with Crippen LogP contribution >= 0.6 is 0 Å². The van der Waals surface area contributed by atoms with E-state index in [1.807, 2.05) is 6.92 Å².